The Morgan fingerprint density at radius 1 is 0.600 bits per heavy atom. The van der Waals surface area contributed by atoms with Crippen LogP contribution in [0.15, 0.2) is 158 Å². The third-order valence-corrected chi connectivity index (χ3v) is 10.1. The van der Waals surface area contributed by atoms with Crippen molar-refractivity contribution in [1.29, 1.82) is 0 Å². The van der Waals surface area contributed by atoms with Gasteiger partial charge in [0.25, 0.3) is 0 Å². The molecule has 45 heavy (non-hydrogen) atoms. The minimum atomic E-state index is 0.945. The summed E-state index contributed by atoms with van der Waals surface area (Å²) in [6.07, 6.45) is 8.15. The monoisotopic (exact) mass is 592 g/mol. The molecule has 3 aromatic heterocycles. The summed E-state index contributed by atoms with van der Waals surface area (Å²) in [6, 6.07) is 46.2. The second-order valence-electron chi connectivity index (χ2n) is 11.5. The van der Waals surface area contributed by atoms with Crippen molar-refractivity contribution in [3.05, 3.63) is 163 Å². The number of nitrogens with zero attached hydrogens (tertiary/aromatic N) is 1. The van der Waals surface area contributed by atoms with Crippen molar-refractivity contribution in [1.82, 2.24) is 4.40 Å². The largest absolute Gasteiger partial charge is 0.356 e. The van der Waals surface area contributed by atoms with Crippen molar-refractivity contribution < 1.29 is 0 Å². The number of fused-ring (bicyclic) bond motifs is 9. The number of hydrogen-bond donors (Lipinski definition) is 1. The molecule has 3 heterocycles. The van der Waals surface area contributed by atoms with Gasteiger partial charge in [-0.1, -0.05) is 97.6 Å². The predicted octanol–water partition coefficient (Wildman–Crippen LogP) is 12.1. The third-order valence-electron chi connectivity index (χ3n) is 8.91. The van der Waals surface area contributed by atoms with Gasteiger partial charge in [-0.3, -0.25) is 0 Å². The van der Waals surface area contributed by atoms with Gasteiger partial charge in [0.2, 0.25) is 0 Å². The summed E-state index contributed by atoms with van der Waals surface area (Å²) in [4.78, 5) is 0. The van der Waals surface area contributed by atoms with E-state index >= 15 is 0 Å². The Kier molecular flexibility index (Phi) is 5.87. The Labute approximate surface area is 264 Å². The number of allylic oxidation sites excluding steroid dienone is 3. The lowest BCUT2D eigenvalue weighted by atomic mass is 10.0. The van der Waals surface area contributed by atoms with Gasteiger partial charge in [-0.05, 0) is 77.4 Å². The maximum atomic E-state index is 4.03. The Morgan fingerprint density at radius 3 is 2.18 bits per heavy atom. The number of anilines is 1. The van der Waals surface area contributed by atoms with Crippen LogP contribution in [0.1, 0.15) is 5.56 Å². The third kappa shape index (κ3) is 4.16. The number of aromatic nitrogens is 1. The molecule has 1 N–H and O–H groups in total. The maximum Gasteiger partial charge on any atom is 0.0620 e. The highest BCUT2D eigenvalue weighted by Gasteiger charge is 2.17. The van der Waals surface area contributed by atoms with Crippen molar-refractivity contribution in [3.63, 3.8) is 0 Å². The SMILES string of the molecule is C=C/C(=C\C=C\c1ccc2sc3ccccc3c2c1)Nc1ccc(-c2ccc3c(c2)c2cccc4c5ccccc5n3c42)cc1. The van der Waals surface area contributed by atoms with Gasteiger partial charge in [-0.25, -0.2) is 0 Å². The Hall–Kier alpha value is -5.64. The molecule has 0 aliphatic carbocycles. The molecule has 0 fully saturated rings. The van der Waals surface area contributed by atoms with Crippen molar-refractivity contribution in [2.45, 2.75) is 0 Å². The number of para-hydroxylation sites is 2. The van der Waals surface area contributed by atoms with Gasteiger partial charge >= 0.3 is 0 Å². The Bertz CT molecular complexity index is 2630. The van der Waals surface area contributed by atoms with E-state index in [-0.39, 0.29) is 0 Å². The normalized spacial score (nSPS) is 12.6. The van der Waals surface area contributed by atoms with Gasteiger partial charge in [0.1, 0.15) is 0 Å². The van der Waals surface area contributed by atoms with Gasteiger partial charge in [0, 0.05) is 53.1 Å². The summed E-state index contributed by atoms with van der Waals surface area (Å²) in [5.74, 6) is 0. The van der Waals surface area contributed by atoms with Gasteiger partial charge < -0.3 is 9.72 Å². The van der Waals surface area contributed by atoms with Crippen LogP contribution in [0.25, 0.3) is 75.5 Å². The summed E-state index contributed by atoms with van der Waals surface area (Å²) < 4.78 is 5.07. The predicted molar refractivity (Wildman–Crippen MR) is 197 cm³/mol. The molecule has 9 aromatic rings. The van der Waals surface area contributed by atoms with Crippen molar-refractivity contribution in [2.75, 3.05) is 5.32 Å². The first-order valence-electron chi connectivity index (χ1n) is 15.2. The first-order valence-corrected chi connectivity index (χ1v) is 16.0. The van der Waals surface area contributed by atoms with Crippen molar-refractivity contribution >= 4 is 81.4 Å². The molecule has 2 nitrogen and oxygen atoms in total. The van der Waals surface area contributed by atoms with Crippen molar-refractivity contribution in [2.24, 2.45) is 0 Å². The number of rotatable bonds is 6. The quantitative estimate of drug-likeness (QED) is 0.190. The summed E-state index contributed by atoms with van der Waals surface area (Å²) in [5, 5.41) is 11.4. The molecule has 0 amide bonds. The minimum absolute atomic E-state index is 0.945. The fourth-order valence-electron chi connectivity index (χ4n) is 6.80. The zero-order valence-corrected chi connectivity index (χ0v) is 25.3. The molecule has 0 unspecified atom stereocenters. The molecular weight excluding hydrogens is 565 g/mol. The van der Waals surface area contributed by atoms with E-state index in [2.05, 4.69) is 162 Å². The van der Waals surface area contributed by atoms with Crippen LogP contribution in [0, 0.1) is 0 Å². The number of hydrogen-bond acceptors (Lipinski definition) is 2. The lowest BCUT2D eigenvalue weighted by Crippen LogP contribution is -1.95. The molecule has 9 rings (SSSR count). The summed E-state index contributed by atoms with van der Waals surface area (Å²) in [7, 11) is 0. The number of nitrogens with one attached hydrogen (secondary N) is 1. The van der Waals surface area contributed by atoms with E-state index in [1.54, 1.807) is 0 Å². The van der Waals surface area contributed by atoms with E-state index in [1.165, 1.54) is 75.0 Å². The number of benzene rings is 6. The van der Waals surface area contributed by atoms with E-state index in [9.17, 15) is 0 Å². The molecule has 0 aliphatic rings. The molecule has 3 heteroatoms. The Balaban J connectivity index is 0.980. The highest BCUT2D eigenvalue weighted by atomic mass is 32.1. The van der Waals surface area contributed by atoms with Crippen LogP contribution in [0.4, 0.5) is 5.69 Å². The molecule has 0 atom stereocenters. The Morgan fingerprint density at radius 2 is 1.31 bits per heavy atom. The highest BCUT2D eigenvalue weighted by Crippen LogP contribution is 2.40. The van der Waals surface area contributed by atoms with Crippen molar-refractivity contribution in [3.8, 4) is 11.1 Å². The fraction of sp³-hybridized carbons (Fsp3) is 0. The summed E-state index contributed by atoms with van der Waals surface area (Å²) in [6.45, 7) is 4.03. The average molecular weight is 593 g/mol. The molecule has 0 bridgehead atoms. The second kappa shape index (κ2) is 10.2. The smallest absolute Gasteiger partial charge is 0.0620 e. The first kappa shape index (κ1) is 25.8. The molecule has 0 spiro atoms. The molecule has 6 aromatic carbocycles. The second-order valence-corrected chi connectivity index (χ2v) is 12.6. The molecular formula is C42H28N2S. The van der Waals surface area contributed by atoms with Gasteiger partial charge in [0.15, 0.2) is 0 Å². The van der Waals surface area contributed by atoms with E-state index in [1.807, 2.05) is 17.4 Å². The summed E-state index contributed by atoms with van der Waals surface area (Å²) >= 11 is 1.85. The average Bonchev–Trinajstić information content (AvgIpc) is 3.75. The summed E-state index contributed by atoms with van der Waals surface area (Å²) in [5.41, 5.74) is 9.38. The maximum absolute atomic E-state index is 4.03. The molecule has 212 valence electrons. The van der Waals surface area contributed by atoms with E-state index < -0.39 is 0 Å². The zero-order chi connectivity index (χ0) is 29.9. The van der Waals surface area contributed by atoms with Crippen LogP contribution in [0.2, 0.25) is 0 Å². The minimum Gasteiger partial charge on any atom is -0.356 e. The standard InChI is InChI=1S/C42H28N2S/c1-2-30(10-7-9-27-17-24-41-37(25-27)33-12-4-6-16-40(33)45-41)43-31-21-18-28(19-22-31)29-20-23-39-36(26-29)35-14-8-13-34-32-11-3-5-15-38(32)44(39)42(34)35/h2-26,43H,1H2/b9-7+,30-10+. The van der Waals surface area contributed by atoms with Crippen LogP contribution in [0.3, 0.4) is 0 Å². The van der Waals surface area contributed by atoms with E-state index in [0.29, 0.717) is 0 Å². The lowest BCUT2D eigenvalue weighted by Gasteiger charge is -2.09. The molecule has 0 radical (unpaired) electrons. The highest BCUT2D eigenvalue weighted by molar-refractivity contribution is 7.25. The molecule has 0 aliphatic heterocycles. The fourth-order valence-corrected chi connectivity index (χ4v) is 7.88. The zero-order valence-electron chi connectivity index (χ0n) is 24.5. The van der Waals surface area contributed by atoms with Gasteiger partial charge in [0.05, 0.1) is 16.6 Å². The van der Waals surface area contributed by atoms with E-state index in [0.717, 1.165) is 11.4 Å². The van der Waals surface area contributed by atoms with Crippen LogP contribution in [-0.4, -0.2) is 4.40 Å². The van der Waals surface area contributed by atoms with Gasteiger partial charge in [-0.2, -0.15) is 0 Å². The van der Waals surface area contributed by atoms with E-state index in [4.69, 9.17) is 0 Å². The lowest BCUT2D eigenvalue weighted by molar-refractivity contribution is 1.37. The first-order chi connectivity index (χ1) is 22.2. The number of thiophene rings is 1. The van der Waals surface area contributed by atoms with Crippen LogP contribution < -0.4 is 5.32 Å². The topological polar surface area (TPSA) is 16.4 Å². The van der Waals surface area contributed by atoms with Gasteiger partial charge in [-0.15, -0.1) is 11.3 Å². The van der Waals surface area contributed by atoms with Crippen LogP contribution in [0.5, 0.6) is 0 Å². The molecule has 0 saturated heterocycles. The molecule has 0 saturated carbocycles. The van der Waals surface area contributed by atoms with Crippen LogP contribution >= 0.6 is 11.3 Å². The van der Waals surface area contributed by atoms with Crippen LogP contribution in [-0.2, 0) is 0 Å².